The van der Waals surface area contributed by atoms with Crippen molar-refractivity contribution in [2.75, 3.05) is 21.7 Å². The van der Waals surface area contributed by atoms with E-state index in [9.17, 15) is 9.59 Å². The predicted molar refractivity (Wildman–Crippen MR) is 136 cm³/mol. The average Bonchev–Trinajstić information content (AvgIpc) is 3.55. The van der Waals surface area contributed by atoms with Gasteiger partial charge in [0.2, 0.25) is 5.95 Å². The van der Waals surface area contributed by atoms with Crippen LogP contribution in [-0.4, -0.2) is 27.9 Å². The summed E-state index contributed by atoms with van der Waals surface area (Å²) in [5.74, 6) is -0.135. The molecular formula is C24H23N7O2S. The van der Waals surface area contributed by atoms with E-state index in [4.69, 9.17) is 16.5 Å². The van der Waals surface area contributed by atoms with E-state index in [2.05, 4.69) is 20.9 Å². The number of aromatic nitrogens is 2. The molecule has 172 valence electrons. The van der Waals surface area contributed by atoms with Crippen LogP contribution >= 0.6 is 11.3 Å². The first kappa shape index (κ1) is 21.7. The maximum atomic E-state index is 12.5. The van der Waals surface area contributed by atoms with Gasteiger partial charge in [-0.2, -0.15) is 0 Å². The summed E-state index contributed by atoms with van der Waals surface area (Å²) in [5, 5.41) is 9.53. The SMILES string of the molecule is Cc1ccc(NC(=O)Nc2cccc(-c3nc(NC4CC4)nc4sc(C(N)=O)c(N)c34)c2)cc1. The molecule has 4 aromatic rings. The number of nitrogens with zero attached hydrogens (tertiary/aromatic N) is 2. The fourth-order valence-corrected chi connectivity index (χ4v) is 4.51. The molecule has 1 aliphatic rings. The van der Waals surface area contributed by atoms with Gasteiger partial charge in [0.25, 0.3) is 5.91 Å². The Morgan fingerprint density at radius 3 is 2.47 bits per heavy atom. The van der Waals surface area contributed by atoms with E-state index in [0.29, 0.717) is 39.3 Å². The third-order valence-electron chi connectivity index (χ3n) is 5.43. The lowest BCUT2D eigenvalue weighted by Crippen LogP contribution is -2.19. The first-order chi connectivity index (χ1) is 16.4. The summed E-state index contributed by atoms with van der Waals surface area (Å²) in [6.45, 7) is 1.98. The van der Waals surface area contributed by atoms with Crippen LogP contribution in [0.4, 0.5) is 27.8 Å². The first-order valence-electron chi connectivity index (χ1n) is 10.8. The smallest absolute Gasteiger partial charge is 0.323 e. The molecule has 34 heavy (non-hydrogen) atoms. The molecule has 1 saturated carbocycles. The summed E-state index contributed by atoms with van der Waals surface area (Å²) in [6, 6.07) is 14.8. The topological polar surface area (TPSA) is 148 Å². The Morgan fingerprint density at radius 1 is 1.03 bits per heavy atom. The van der Waals surface area contributed by atoms with Gasteiger partial charge in [0.15, 0.2) is 0 Å². The summed E-state index contributed by atoms with van der Waals surface area (Å²) >= 11 is 1.15. The molecule has 0 atom stereocenters. The highest BCUT2D eigenvalue weighted by Crippen LogP contribution is 2.39. The van der Waals surface area contributed by atoms with E-state index >= 15 is 0 Å². The number of anilines is 4. The number of hydrogen-bond donors (Lipinski definition) is 5. The van der Waals surface area contributed by atoms with Crippen molar-refractivity contribution in [1.29, 1.82) is 0 Å². The minimum absolute atomic E-state index is 0.251. The predicted octanol–water partition coefficient (Wildman–Crippen LogP) is 4.57. The molecule has 0 radical (unpaired) electrons. The molecule has 2 aromatic heterocycles. The van der Waals surface area contributed by atoms with Crippen LogP contribution in [-0.2, 0) is 0 Å². The van der Waals surface area contributed by atoms with Gasteiger partial charge in [0, 0.05) is 23.0 Å². The second-order valence-corrected chi connectivity index (χ2v) is 9.23. The van der Waals surface area contributed by atoms with Gasteiger partial charge in [-0.3, -0.25) is 4.79 Å². The van der Waals surface area contributed by atoms with Crippen molar-refractivity contribution in [1.82, 2.24) is 9.97 Å². The van der Waals surface area contributed by atoms with Crippen LogP contribution in [0.15, 0.2) is 48.5 Å². The van der Waals surface area contributed by atoms with Gasteiger partial charge < -0.3 is 27.4 Å². The minimum Gasteiger partial charge on any atom is -0.397 e. The molecule has 1 fully saturated rings. The second kappa shape index (κ2) is 8.64. The number of amides is 3. The maximum Gasteiger partial charge on any atom is 0.323 e. The second-order valence-electron chi connectivity index (χ2n) is 8.23. The van der Waals surface area contributed by atoms with Crippen LogP contribution in [0.25, 0.3) is 21.5 Å². The molecule has 3 amide bonds. The van der Waals surface area contributed by atoms with Crippen LogP contribution in [0.2, 0.25) is 0 Å². The van der Waals surface area contributed by atoms with Gasteiger partial charge in [0.05, 0.1) is 16.8 Å². The Hall–Kier alpha value is -4.18. The molecule has 5 rings (SSSR count). The number of hydrogen-bond acceptors (Lipinski definition) is 7. The number of carbonyl (C=O) groups is 2. The van der Waals surface area contributed by atoms with Gasteiger partial charge in [-0.05, 0) is 44.0 Å². The van der Waals surface area contributed by atoms with Crippen molar-refractivity contribution in [3.05, 3.63) is 59.0 Å². The quantitative estimate of drug-likeness (QED) is 0.277. The molecular weight excluding hydrogens is 450 g/mol. The molecule has 2 aromatic carbocycles. The lowest BCUT2D eigenvalue weighted by atomic mass is 10.1. The monoisotopic (exact) mass is 473 g/mol. The van der Waals surface area contributed by atoms with Crippen LogP contribution in [0.5, 0.6) is 0 Å². The average molecular weight is 474 g/mol. The highest BCUT2D eigenvalue weighted by atomic mass is 32.1. The standard InChI is InChI=1S/C24H23N7O2S/c1-12-5-7-15(8-6-12)28-24(33)29-16-4-2-3-13(11-16)19-17-18(25)20(21(26)32)34-22(17)31-23(30-19)27-14-9-10-14/h2-8,11,14H,9-10,25H2,1H3,(H2,26,32)(H,27,30,31)(H2,28,29,33). The molecule has 10 heteroatoms. The van der Waals surface area contributed by atoms with Crippen LogP contribution in [0.1, 0.15) is 28.1 Å². The normalized spacial score (nSPS) is 13.0. The number of nitrogens with two attached hydrogens (primary N) is 2. The summed E-state index contributed by atoms with van der Waals surface area (Å²) < 4.78 is 0. The third kappa shape index (κ3) is 4.48. The summed E-state index contributed by atoms with van der Waals surface area (Å²) in [7, 11) is 0. The number of benzene rings is 2. The first-order valence-corrected chi connectivity index (χ1v) is 11.6. The van der Waals surface area contributed by atoms with Crippen molar-refractivity contribution >= 4 is 56.5 Å². The van der Waals surface area contributed by atoms with E-state index in [1.165, 1.54) is 0 Å². The Morgan fingerprint density at radius 2 is 1.76 bits per heavy atom. The van der Waals surface area contributed by atoms with Gasteiger partial charge in [-0.25, -0.2) is 14.8 Å². The number of nitrogens with one attached hydrogen (secondary N) is 3. The van der Waals surface area contributed by atoms with Crippen LogP contribution < -0.4 is 27.4 Å². The number of rotatable bonds is 6. The van der Waals surface area contributed by atoms with Crippen molar-refractivity contribution in [2.24, 2.45) is 5.73 Å². The van der Waals surface area contributed by atoms with E-state index < -0.39 is 5.91 Å². The molecule has 7 N–H and O–H groups in total. The van der Waals surface area contributed by atoms with Crippen LogP contribution in [0, 0.1) is 6.92 Å². The Kier molecular flexibility index (Phi) is 5.50. The molecule has 2 heterocycles. The van der Waals surface area contributed by atoms with Gasteiger partial charge >= 0.3 is 6.03 Å². The number of nitrogen functional groups attached to an aromatic ring is 1. The largest absolute Gasteiger partial charge is 0.397 e. The van der Waals surface area contributed by atoms with Crippen molar-refractivity contribution in [3.8, 4) is 11.3 Å². The number of urea groups is 1. The highest BCUT2D eigenvalue weighted by molar-refractivity contribution is 7.21. The van der Waals surface area contributed by atoms with Crippen LogP contribution in [0.3, 0.4) is 0 Å². The molecule has 0 spiro atoms. The van der Waals surface area contributed by atoms with Gasteiger partial charge in [-0.15, -0.1) is 11.3 Å². The fraction of sp³-hybridized carbons (Fsp3) is 0.167. The molecule has 0 bridgehead atoms. The number of carbonyl (C=O) groups excluding carboxylic acids is 2. The molecule has 9 nitrogen and oxygen atoms in total. The number of thiophene rings is 1. The Bertz CT molecular complexity index is 1410. The maximum absolute atomic E-state index is 12.5. The van der Waals surface area contributed by atoms with Crippen molar-refractivity contribution in [2.45, 2.75) is 25.8 Å². The van der Waals surface area contributed by atoms with Gasteiger partial charge in [-0.1, -0.05) is 29.8 Å². The fourth-order valence-electron chi connectivity index (χ4n) is 3.56. The summed E-state index contributed by atoms with van der Waals surface area (Å²) in [6.07, 6.45) is 2.12. The zero-order valence-electron chi connectivity index (χ0n) is 18.4. The molecule has 0 unspecified atom stereocenters. The number of fused-ring (bicyclic) bond motifs is 1. The van der Waals surface area contributed by atoms with Crippen molar-refractivity contribution < 1.29 is 9.59 Å². The Balaban J connectivity index is 1.49. The van der Waals surface area contributed by atoms with Gasteiger partial charge in [0.1, 0.15) is 9.71 Å². The lowest BCUT2D eigenvalue weighted by molar-refractivity contribution is 0.100. The third-order valence-corrected chi connectivity index (χ3v) is 6.54. The van der Waals surface area contributed by atoms with E-state index in [0.717, 1.165) is 35.3 Å². The zero-order chi connectivity index (χ0) is 23.8. The van der Waals surface area contributed by atoms with E-state index in [1.54, 1.807) is 12.1 Å². The minimum atomic E-state index is -0.605. The number of primary amides is 1. The summed E-state index contributed by atoms with van der Waals surface area (Å²) in [4.78, 5) is 34.5. The summed E-state index contributed by atoms with van der Waals surface area (Å²) in [5.41, 5.74) is 15.7. The lowest BCUT2D eigenvalue weighted by Gasteiger charge is -2.11. The zero-order valence-corrected chi connectivity index (χ0v) is 19.2. The molecule has 0 aliphatic heterocycles. The molecule has 0 saturated heterocycles. The van der Waals surface area contributed by atoms with Crippen molar-refractivity contribution in [3.63, 3.8) is 0 Å². The number of aryl methyl sites for hydroxylation is 1. The molecule has 1 aliphatic carbocycles. The van der Waals surface area contributed by atoms with E-state index in [1.807, 2.05) is 43.3 Å². The highest BCUT2D eigenvalue weighted by Gasteiger charge is 2.25. The Labute approximate surface area is 199 Å². The van der Waals surface area contributed by atoms with E-state index in [-0.39, 0.29) is 16.6 Å².